The normalized spacial score (nSPS) is 14.8. The third-order valence-electron chi connectivity index (χ3n) is 7.22. The standard InChI is InChI=1S/C9H18.C9H12.C8H16.C5H12.3C2H6/c2*1-8(2)9-6-4-3-5-7-9;1-7(2)8-5-3-4-6-8;1-4-5(2)3;3*1-2/h8-9H,3-7H2,1-2H3;3-8H,1-2H3;7-8H,3-6H2,1-2H3;5H,4H2,1-3H3;3*1-2H3. The van der Waals surface area contributed by atoms with E-state index in [1.54, 1.807) is 0 Å². The van der Waals surface area contributed by atoms with Crippen molar-refractivity contribution in [3.8, 4) is 0 Å². The van der Waals surface area contributed by atoms with Crippen molar-refractivity contribution in [2.75, 3.05) is 0 Å². The molecule has 0 unspecified atom stereocenters. The highest BCUT2D eigenvalue weighted by Crippen LogP contribution is 2.30. The Hall–Kier alpha value is -0.780. The minimum Gasteiger partial charge on any atom is -0.0683 e. The minimum atomic E-state index is 0.659. The fourth-order valence-corrected chi connectivity index (χ4v) is 4.26. The van der Waals surface area contributed by atoms with E-state index in [0.29, 0.717) is 5.92 Å². The van der Waals surface area contributed by atoms with E-state index in [9.17, 15) is 0 Å². The lowest BCUT2D eigenvalue weighted by Gasteiger charge is -2.24. The van der Waals surface area contributed by atoms with E-state index in [0.717, 1.165) is 29.6 Å². The van der Waals surface area contributed by atoms with Crippen molar-refractivity contribution in [2.45, 2.75) is 174 Å². The fraction of sp³-hybridized carbons (Fsp3) is 0.838. The molecule has 0 radical (unpaired) electrons. The highest BCUT2D eigenvalue weighted by Gasteiger charge is 2.17. The number of benzene rings is 1. The van der Waals surface area contributed by atoms with Crippen molar-refractivity contribution in [3.63, 3.8) is 0 Å². The average Bonchev–Trinajstić information content (AvgIpc) is 3.50. The maximum Gasteiger partial charge on any atom is -0.0219 e. The molecule has 0 nitrogen and oxygen atoms in total. The van der Waals surface area contributed by atoms with Gasteiger partial charge in [0.15, 0.2) is 0 Å². The lowest BCUT2D eigenvalue weighted by Crippen LogP contribution is -2.12. The van der Waals surface area contributed by atoms with Crippen molar-refractivity contribution in [3.05, 3.63) is 35.9 Å². The second-order valence-corrected chi connectivity index (χ2v) is 11.3. The minimum absolute atomic E-state index is 0.659. The van der Waals surface area contributed by atoms with Crippen molar-refractivity contribution < 1.29 is 0 Å². The van der Waals surface area contributed by atoms with Gasteiger partial charge >= 0.3 is 0 Å². The maximum atomic E-state index is 2.36. The number of hydrogen-bond acceptors (Lipinski definition) is 0. The molecule has 2 saturated carbocycles. The van der Waals surface area contributed by atoms with Gasteiger partial charge in [0.25, 0.3) is 0 Å². The summed E-state index contributed by atoms with van der Waals surface area (Å²) in [4.78, 5) is 0. The first kappa shape index (κ1) is 43.3. The number of hydrogen-bond donors (Lipinski definition) is 0. The van der Waals surface area contributed by atoms with Crippen molar-refractivity contribution in [1.82, 2.24) is 0 Å². The Morgan fingerprint density at radius 1 is 0.541 bits per heavy atom. The third kappa shape index (κ3) is 29.6. The van der Waals surface area contributed by atoms with Crippen LogP contribution in [0.5, 0.6) is 0 Å². The second-order valence-electron chi connectivity index (χ2n) is 11.3. The van der Waals surface area contributed by atoms with Gasteiger partial charge < -0.3 is 0 Å². The Kier molecular flexibility index (Phi) is 38.9. The molecule has 1 aromatic rings. The Balaban J connectivity index is -0.000000186. The van der Waals surface area contributed by atoms with Crippen molar-refractivity contribution in [2.24, 2.45) is 29.6 Å². The molecule has 0 spiro atoms. The first-order valence-corrected chi connectivity index (χ1v) is 16.7. The first-order valence-electron chi connectivity index (χ1n) is 16.7. The van der Waals surface area contributed by atoms with Gasteiger partial charge in [0.1, 0.15) is 0 Å². The van der Waals surface area contributed by atoms with Gasteiger partial charge in [-0.25, -0.2) is 0 Å². The van der Waals surface area contributed by atoms with Gasteiger partial charge in [0.05, 0.1) is 0 Å². The van der Waals surface area contributed by atoms with E-state index in [4.69, 9.17) is 0 Å². The molecule has 0 amide bonds. The van der Waals surface area contributed by atoms with Crippen LogP contribution in [-0.2, 0) is 0 Å². The van der Waals surface area contributed by atoms with E-state index < -0.39 is 0 Å². The molecule has 0 saturated heterocycles. The first-order chi connectivity index (χ1) is 17.7. The summed E-state index contributed by atoms with van der Waals surface area (Å²) in [6, 6.07) is 10.5. The summed E-state index contributed by atoms with van der Waals surface area (Å²) < 4.78 is 0. The van der Waals surface area contributed by atoms with Crippen LogP contribution in [-0.4, -0.2) is 0 Å². The molecule has 0 atom stereocenters. The molecule has 0 aliphatic heterocycles. The van der Waals surface area contributed by atoms with Crippen LogP contribution >= 0.6 is 0 Å². The Bertz CT molecular complexity index is 470. The van der Waals surface area contributed by atoms with Gasteiger partial charge in [-0.2, -0.15) is 0 Å². The zero-order valence-electron chi connectivity index (χ0n) is 28.9. The molecule has 2 aliphatic rings. The molecule has 1 aromatic carbocycles. The van der Waals surface area contributed by atoms with E-state index in [2.05, 4.69) is 86.6 Å². The largest absolute Gasteiger partial charge is 0.0683 e. The van der Waals surface area contributed by atoms with Crippen LogP contribution in [0.15, 0.2) is 30.3 Å². The molecule has 2 fully saturated rings. The molecular weight excluding hydrogens is 444 g/mol. The molecule has 224 valence electrons. The lowest BCUT2D eigenvalue weighted by atomic mass is 9.82. The van der Waals surface area contributed by atoms with Crippen LogP contribution in [0.3, 0.4) is 0 Å². The van der Waals surface area contributed by atoms with E-state index in [1.165, 1.54) is 69.8 Å². The zero-order valence-corrected chi connectivity index (χ0v) is 28.9. The van der Waals surface area contributed by atoms with Crippen molar-refractivity contribution >= 4 is 0 Å². The van der Waals surface area contributed by atoms with E-state index >= 15 is 0 Å². The van der Waals surface area contributed by atoms with Gasteiger partial charge in [0.2, 0.25) is 0 Å². The molecule has 0 aromatic heterocycles. The Labute approximate surface area is 239 Å². The second kappa shape index (κ2) is 33.2. The molecule has 0 heteroatoms. The third-order valence-corrected chi connectivity index (χ3v) is 7.22. The van der Waals surface area contributed by atoms with Gasteiger partial charge in [-0.15, -0.1) is 0 Å². The van der Waals surface area contributed by atoms with Crippen LogP contribution in [0.2, 0.25) is 0 Å². The maximum absolute atomic E-state index is 2.36. The van der Waals surface area contributed by atoms with Gasteiger partial charge in [-0.05, 0) is 41.1 Å². The predicted molar refractivity (Wildman–Crippen MR) is 178 cm³/mol. The SMILES string of the molecule is CC.CC.CC.CC(C)C1CCCC1.CC(C)C1CCCCC1.CC(C)c1ccccc1.CCC(C)C. The van der Waals surface area contributed by atoms with Gasteiger partial charge in [0, 0.05) is 0 Å². The molecular formula is C37H76. The predicted octanol–water partition coefficient (Wildman–Crippen LogP) is 14.0. The summed E-state index contributed by atoms with van der Waals surface area (Å²) in [6.07, 6.45) is 14.7. The lowest BCUT2D eigenvalue weighted by molar-refractivity contribution is 0.279. The summed E-state index contributed by atoms with van der Waals surface area (Å²) in [5, 5.41) is 0. The van der Waals surface area contributed by atoms with Crippen molar-refractivity contribution in [1.29, 1.82) is 0 Å². The fourth-order valence-electron chi connectivity index (χ4n) is 4.26. The summed E-state index contributed by atoms with van der Waals surface area (Å²) in [6.45, 7) is 32.5. The van der Waals surface area contributed by atoms with E-state index in [1.807, 2.05) is 47.6 Å². The molecule has 37 heavy (non-hydrogen) atoms. The van der Waals surface area contributed by atoms with Gasteiger partial charge in [-0.3, -0.25) is 0 Å². The quantitative estimate of drug-likeness (QED) is 0.370. The van der Waals surface area contributed by atoms with Crippen LogP contribution < -0.4 is 0 Å². The Morgan fingerprint density at radius 2 is 0.838 bits per heavy atom. The molecule has 2 aliphatic carbocycles. The van der Waals surface area contributed by atoms with Crippen LogP contribution in [0.1, 0.15) is 180 Å². The van der Waals surface area contributed by atoms with Gasteiger partial charge in [-0.1, -0.05) is 198 Å². The monoisotopic (exact) mass is 521 g/mol. The smallest absolute Gasteiger partial charge is 0.0219 e. The summed E-state index contributed by atoms with van der Waals surface area (Å²) >= 11 is 0. The zero-order chi connectivity index (χ0) is 29.6. The van der Waals surface area contributed by atoms with Crippen LogP contribution in [0.4, 0.5) is 0 Å². The summed E-state index contributed by atoms with van der Waals surface area (Å²) in [7, 11) is 0. The highest BCUT2D eigenvalue weighted by atomic mass is 14.2. The molecule has 0 heterocycles. The summed E-state index contributed by atoms with van der Waals surface area (Å²) in [5.74, 6) is 5.54. The molecule has 0 N–H and O–H groups in total. The average molecular weight is 521 g/mol. The number of rotatable bonds is 4. The topological polar surface area (TPSA) is 0 Å². The van der Waals surface area contributed by atoms with E-state index in [-0.39, 0.29) is 0 Å². The molecule has 3 rings (SSSR count). The van der Waals surface area contributed by atoms with Crippen LogP contribution in [0.25, 0.3) is 0 Å². The summed E-state index contributed by atoms with van der Waals surface area (Å²) in [5.41, 5.74) is 1.41. The Morgan fingerprint density at radius 3 is 1.03 bits per heavy atom. The highest BCUT2D eigenvalue weighted by molar-refractivity contribution is 5.17. The van der Waals surface area contributed by atoms with Crippen LogP contribution in [0, 0.1) is 29.6 Å². The molecule has 0 bridgehead atoms.